The first-order chi connectivity index (χ1) is 12.3. The Labute approximate surface area is 156 Å². The summed E-state index contributed by atoms with van der Waals surface area (Å²) in [7, 11) is 0. The second kappa shape index (κ2) is 9.20. The lowest BCUT2D eigenvalue weighted by Crippen LogP contribution is -2.28. The Hall–Kier alpha value is -2.60. The van der Waals surface area contributed by atoms with E-state index >= 15 is 0 Å². The molecule has 0 aliphatic rings. The zero-order valence-corrected chi connectivity index (χ0v) is 15.3. The normalized spacial score (nSPS) is 10.5. The lowest BCUT2D eigenvalue weighted by Gasteiger charge is -2.10. The molecule has 138 valence electrons. The number of halogens is 2. The third-order valence-electron chi connectivity index (χ3n) is 3.50. The molecule has 5 nitrogen and oxygen atoms in total. The minimum atomic E-state index is -0.545. The Morgan fingerprint density at radius 1 is 1.15 bits per heavy atom. The third kappa shape index (κ3) is 6.04. The number of benzene rings is 2. The molecule has 7 heteroatoms. The van der Waals surface area contributed by atoms with Crippen LogP contribution >= 0.6 is 11.6 Å². The van der Waals surface area contributed by atoms with Crippen LogP contribution in [0.1, 0.15) is 19.4 Å². The molecule has 2 aromatic carbocycles. The molecule has 0 radical (unpaired) electrons. The number of amides is 2. The molecule has 2 aromatic rings. The number of anilines is 1. The lowest BCUT2D eigenvalue weighted by atomic mass is 10.1. The molecule has 0 saturated carbocycles. The maximum Gasteiger partial charge on any atom is 0.258 e. The topological polar surface area (TPSA) is 67.4 Å². The molecule has 26 heavy (non-hydrogen) atoms. The highest BCUT2D eigenvalue weighted by Crippen LogP contribution is 2.20. The number of nitrogens with one attached hydrogen (secondary N) is 2. The van der Waals surface area contributed by atoms with Gasteiger partial charge in [-0.1, -0.05) is 37.6 Å². The zero-order valence-electron chi connectivity index (χ0n) is 14.5. The maximum atomic E-state index is 13.1. The summed E-state index contributed by atoms with van der Waals surface area (Å²) in [6.07, 6.45) is 0. The predicted molar refractivity (Wildman–Crippen MR) is 98.7 cm³/mol. The summed E-state index contributed by atoms with van der Waals surface area (Å²) in [5, 5.41) is 5.45. The third-order valence-corrected chi connectivity index (χ3v) is 3.79. The van der Waals surface area contributed by atoms with Crippen LogP contribution in [0.15, 0.2) is 42.5 Å². The molecular weight excluding hydrogens is 359 g/mol. The van der Waals surface area contributed by atoms with Gasteiger partial charge in [-0.25, -0.2) is 4.39 Å². The van der Waals surface area contributed by atoms with Crippen molar-refractivity contribution in [3.05, 3.63) is 58.9 Å². The van der Waals surface area contributed by atoms with Crippen LogP contribution < -0.4 is 15.4 Å². The fraction of sp³-hybridized carbons (Fsp3) is 0.263. The molecule has 0 aromatic heterocycles. The Balaban J connectivity index is 1.78. The highest BCUT2D eigenvalue weighted by molar-refractivity contribution is 6.30. The van der Waals surface area contributed by atoms with Gasteiger partial charge in [0.05, 0.1) is 5.02 Å². The van der Waals surface area contributed by atoms with Crippen molar-refractivity contribution in [2.45, 2.75) is 20.4 Å². The molecule has 0 atom stereocenters. The van der Waals surface area contributed by atoms with E-state index in [2.05, 4.69) is 10.6 Å². The fourth-order valence-electron chi connectivity index (χ4n) is 1.96. The van der Waals surface area contributed by atoms with Crippen molar-refractivity contribution in [3.8, 4) is 5.75 Å². The van der Waals surface area contributed by atoms with Crippen molar-refractivity contribution < 1.29 is 18.7 Å². The molecule has 0 aliphatic carbocycles. The maximum absolute atomic E-state index is 13.1. The van der Waals surface area contributed by atoms with Crippen LogP contribution in [0.3, 0.4) is 0 Å². The van der Waals surface area contributed by atoms with Crippen LogP contribution in [0.25, 0.3) is 0 Å². The number of carbonyl (C=O) groups excluding carboxylic acids is 2. The second-order valence-electron chi connectivity index (χ2n) is 5.98. The van der Waals surface area contributed by atoms with E-state index in [-0.39, 0.29) is 29.4 Å². The van der Waals surface area contributed by atoms with E-state index in [4.69, 9.17) is 16.3 Å². The van der Waals surface area contributed by atoms with Gasteiger partial charge in [0.2, 0.25) is 5.91 Å². The molecule has 0 heterocycles. The molecule has 0 fully saturated rings. The zero-order chi connectivity index (χ0) is 19.1. The minimum Gasteiger partial charge on any atom is -0.484 e. The van der Waals surface area contributed by atoms with E-state index in [0.717, 1.165) is 5.56 Å². The molecule has 0 aliphatic heterocycles. The molecule has 0 spiro atoms. The van der Waals surface area contributed by atoms with Crippen LogP contribution in [0, 0.1) is 11.7 Å². The second-order valence-corrected chi connectivity index (χ2v) is 6.39. The summed E-state index contributed by atoms with van der Waals surface area (Å²) in [6, 6.07) is 11.1. The summed E-state index contributed by atoms with van der Waals surface area (Å²) in [6.45, 7) is 3.76. The van der Waals surface area contributed by atoms with Crippen molar-refractivity contribution in [1.29, 1.82) is 0 Å². The average Bonchev–Trinajstić information content (AvgIpc) is 2.62. The fourth-order valence-corrected chi connectivity index (χ4v) is 2.13. The molecule has 0 saturated heterocycles. The Morgan fingerprint density at radius 3 is 2.46 bits per heavy atom. The summed E-state index contributed by atoms with van der Waals surface area (Å²) >= 11 is 5.65. The van der Waals surface area contributed by atoms with Crippen LogP contribution in [0.5, 0.6) is 5.75 Å². The van der Waals surface area contributed by atoms with Gasteiger partial charge in [-0.3, -0.25) is 9.59 Å². The van der Waals surface area contributed by atoms with Gasteiger partial charge in [0.15, 0.2) is 6.61 Å². The van der Waals surface area contributed by atoms with Crippen molar-refractivity contribution in [2.75, 3.05) is 11.9 Å². The summed E-state index contributed by atoms with van der Waals surface area (Å²) in [4.78, 5) is 23.5. The van der Waals surface area contributed by atoms with Crippen LogP contribution in [0.4, 0.5) is 10.1 Å². The van der Waals surface area contributed by atoms with E-state index < -0.39 is 5.82 Å². The van der Waals surface area contributed by atoms with Crippen LogP contribution in [-0.2, 0) is 16.1 Å². The highest BCUT2D eigenvalue weighted by atomic mass is 35.5. The van der Waals surface area contributed by atoms with Crippen molar-refractivity contribution in [2.24, 2.45) is 5.92 Å². The minimum absolute atomic E-state index is 0.0518. The number of hydrogen-bond donors (Lipinski definition) is 2. The number of rotatable bonds is 7. The smallest absolute Gasteiger partial charge is 0.258 e. The summed E-state index contributed by atoms with van der Waals surface area (Å²) in [5.74, 6) is -0.690. The summed E-state index contributed by atoms with van der Waals surface area (Å²) < 4.78 is 18.3. The van der Waals surface area contributed by atoms with E-state index in [0.29, 0.717) is 18.0 Å². The van der Waals surface area contributed by atoms with Gasteiger partial charge in [-0.15, -0.1) is 0 Å². The van der Waals surface area contributed by atoms with E-state index in [1.165, 1.54) is 18.2 Å². The van der Waals surface area contributed by atoms with Crippen molar-refractivity contribution in [3.63, 3.8) is 0 Å². The van der Waals surface area contributed by atoms with Crippen LogP contribution in [0.2, 0.25) is 5.02 Å². The Morgan fingerprint density at radius 2 is 1.85 bits per heavy atom. The SMILES string of the molecule is CC(C)C(=O)Nc1ccc(CNC(=O)COc2ccc(F)c(Cl)c2)cc1. The van der Waals surface area contributed by atoms with E-state index in [1.807, 2.05) is 26.0 Å². The van der Waals surface area contributed by atoms with Crippen molar-refractivity contribution in [1.82, 2.24) is 5.32 Å². The largest absolute Gasteiger partial charge is 0.484 e. The summed E-state index contributed by atoms with van der Waals surface area (Å²) in [5.41, 5.74) is 1.58. The Kier molecular flexibility index (Phi) is 6.97. The van der Waals surface area contributed by atoms with Gasteiger partial charge in [0, 0.05) is 24.2 Å². The van der Waals surface area contributed by atoms with Crippen LogP contribution in [-0.4, -0.2) is 18.4 Å². The average molecular weight is 379 g/mol. The number of ether oxygens (including phenoxy) is 1. The van der Waals surface area contributed by atoms with Gasteiger partial charge in [0.25, 0.3) is 5.91 Å². The van der Waals surface area contributed by atoms with Crippen molar-refractivity contribution >= 4 is 29.1 Å². The Bertz CT molecular complexity index is 779. The molecule has 2 amide bonds. The molecule has 2 N–H and O–H groups in total. The first-order valence-corrected chi connectivity index (χ1v) is 8.47. The monoisotopic (exact) mass is 378 g/mol. The predicted octanol–water partition coefficient (Wildman–Crippen LogP) is 3.77. The van der Waals surface area contributed by atoms with Gasteiger partial charge in [0.1, 0.15) is 11.6 Å². The molecule has 0 unspecified atom stereocenters. The van der Waals surface area contributed by atoms with E-state index in [1.54, 1.807) is 12.1 Å². The first kappa shape index (κ1) is 19.7. The molecule has 0 bridgehead atoms. The van der Waals surface area contributed by atoms with Gasteiger partial charge >= 0.3 is 0 Å². The molecular formula is C19H20ClFN2O3. The first-order valence-electron chi connectivity index (χ1n) is 8.09. The van der Waals surface area contributed by atoms with Gasteiger partial charge in [-0.2, -0.15) is 0 Å². The molecule has 2 rings (SSSR count). The van der Waals surface area contributed by atoms with E-state index in [9.17, 15) is 14.0 Å². The number of hydrogen-bond acceptors (Lipinski definition) is 3. The standard InChI is InChI=1S/C19H20ClFN2O3/c1-12(2)19(25)23-14-5-3-13(4-6-14)10-22-18(24)11-26-15-7-8-17(21)16(20)9-15/h3-9,12H,10-11H2,1-2H3,(H,22,24)(H,23,25). The van der Waals surface area contributed by atoms with Gasteiger partial charge in [-0.05, 0) is 29.8 Å². The highest BCUT2D eigenvalue weighted by Gasteiger charge is 2.08. The quantitative estimate of drug-likeness (QED) is 0.770. The lowest BCUT2D eigenvalue weighted by molar-refractivity contribution is -0.123. The van der Waals surface area contributed by atoms with Gasteiger partial charge < -0.3 is 15.4 Å². The number of carbonyl (C=O) groups is 2.